The van der Waals surface area contributed by atoms with Crippen LogP contribution in [0, 0.1) is 23.7 Å². The Labute approximate surface area is 366 Å². The second kappa shape index (κ2) is 12.7. The standard InChI is InChI=1S/C61H53N/c1-3-9-40(10-4-1)41-15-17-47(18-16-41)62(46-11-5-2-6-12-46)48-19-20-50-49-13-7-8-14-57(49)61(58(50)31-48)59-34-53-44-27-36-21-37(28-44)24-42(23-36)51(53)32-55(59)56-33-52-43-25-38-22-39(26-43)30-45(29-38)54(52)35-60(56)61/h1-20,31-39,42-45H,21-30H2. The normalized spacial score (nSPS) is 29.4. The van der Waals surface area contributed by atoms with Gasteiger partial charge in [-0.1, -0.05) is 115 Å². The van der Waals surface area contributed by atoms with Crippen molar-refractivity contribution in [2.24, 2.45) is 23.7 Å². The van der Waals surface area contributed by atoms with E-state index in [1.165, 1.54) is 115 Å². The molecule has 1 nitrogen and oxygen atoms in total. The van der Waals surface area contributed by atoms with Crippen molar-refractivity contribution in [1.29, 1.82) is 0 Å². The number of hydrogen-bond donors (Lipinski definition) is 0. The average molecular weight is 800 g/mol. The van der Waals surface area contributed by atoms with E-state index in [9.17, 15) is 0 Å². The first-order valence-corrected chi connectivity index (χ1v) is 24.3. The molecule has 4 fully saturated rings. The Morgan fingerprint density at radius 2 is 0.726 bits per heavy atom. The molecular formula is C61H53N. The van der Waals surface area contributed by atoms with Crippen molar-refractivity contribution in [3.8, 4) is 33.4 Å². The number of rotatable bonds is 4. The van der Waals surface area contributed by atoms with Crippen LogP contribution in [-0.2, 0) is 5.41 Å². The number of hydrogen-bond acceptors (Lipinski definition) is 1. The Hall–Kier alpha value is -5.66. The van der Waals surface area contributed by atoms with Gasteiger partial charge in [0.1, 0.15) is 0 Å². The summed E-state index contributed by atoms with van der Waals surface area (Å²) in [6, 6.07) is 59.5. The van der Waals surface area contributed by atoms with Crippen molar-refractivity contribution < 1.29 is 0 Å². The largest absolute Gasteiger partial charge is 0.310 e. The monoisotopic (exact) mass is 799 g/mol. The van der Waals surface area contributed by atoms with Gasteiger partial charge in [0, 0.05) is 17.1 Å². The summed E-state index contributed by atoms with van der Waals surface area (Å²) in [7, 11) is 0. The van der Waals surface area contributed by atoms with E-state index in [4.69, 9.17) is 0 Å². The molecule has 1 heteroatoms. The van der Waals surface area contributed by atoms with E-state index in [1.807, 2.05) is 0 Å². The van der Waals surface area contributed by atoms with Crippen LogP contribution < -0.4 is 4.90 Å². The van der Waals surface area contributed by atoms with Crippen LogP contribution in [0.1, 0.15) is 132 Å². The number of fused-ring (bicyclic) bond motifs is 10. The summed E-state index contributed by atoms with van der Waals surface area (Å²) < 4.78 is 0. The van der Waals surface area contributed by atoms with Gasteiger partial charge in [-0.15, -0.1) is 0 Å². The molecule has 0 N–H and O–H groups in total. The van der Waals surface area contributed by atoms with Gasteiger partial charge in [-0.2, -0.15) is 0 Å². The van der Waals surface area contributed by atoms with E-state index in [0.717, 1.165) is 35.5 Å². The highest BCUT2D eigenvalue weighted by Crippen LogP contribution is 2.67. The number of para-hydroxylation sites is 1. The minimum Gasteiger partial charge on any atom is -0.310 e. The van der Waals surface area contributed by atoms with Crippen molar-refractivity contribution in [3.05, 3.63) is 196 Å². The molecule has 0 saturated heterocycles. The van der Waals surface area contributed by atoms with Crippen molar-refractivity contribution in [2.75, 3.05) is 4.90 Å². The Morgan fingerprint density at radius 1 is 0.306 bits per heavy atom. The zero-order chi connectivity index (χ0) is 40.3. The third kappa shape index (κ3) is 4.75. The third-order valence-electron chi connectivity index (χ3n) is 18.1. The average Bonchev–Trinajstić information content (AvgIpc) is 3.61. The van der Waals surface area contributed by atoms with Crippen LogP contribution in [0.5, 0.6) is 0 Å². The molecule has 4 atom stereocenters. The first-order chi connectivity index (χ1) is 30.6. The summed E-state index contributed by atoms with van der Waals surface area (Å²) in [5, 5.41) is 0. The van der Waals surface area contributed by atoms with Gasteiger partial charge < -0.3 is 4.90 Å². The Kier molecular flexibility index (Phi) is 7.16. The fourth-order valence-electron chi connectivity index (χ4n) is 16.1. The first kappa shape index (κ1) is 34.9. The number of anilines is 3. The van der Waals surface area contributed by atoms with Crippen LogP contribution >= 0.6 is 0 Å². The van der Waals surface area contributed by atoms with Crippen molar-refractivity contribution in [2.45, 2.75) is 93.3 Å². The minimum absolute atomic E-state index is 0.372. The lowest BCUT2D eigenvalue weighted by atomic mass is 9.66. The summed E-state index contributed by atoms with van der Waals surface area (Å²) in [4.78, 5) is 2.50. The Balaban J connectivity index is 0.993. The second-order valence-corrected chi connectivity index (χ2v) is 21.3. The lowest BCUT2D eigenvalue weighted by molar-refractivity contribution is 0.165. The van der Waals surface area contributed by atoms with E-state index >= 15 is 0 Å². The molecule has 62 heavy (non-hydrogen) atoms. The minimum atomic E-state index is -0.372. The lowest BCUT2D eigenvalue weighted by Gasteiger charge is -2.38. The van der Waals surface area contributed by atoms with Gasteiger partial charge in [0.15, 0.2) is 0 Å². The maximum Gasteiger partial charge on any atom is 0.0726 e. The molecule has 10 aliphatic carbocycles. The molecule has 0 aliphatic heterocycles. The van der Waals surface area contributed by atoms with Gasteiger partial charge in [-0.25, -0.2) is 0 Å². The summed E-state index contributed by atoms with van der Waals surface area (Å²) in [5.74, 6) is 6.47. The van der Waals surface area contributed by atoms with Crippen LogP contribution in [0.3, 0.4) is 0 Å². The SMILES string of the molecule is c1ccc(-c2ccc(N(c3ccccc3)c3ccc4c(c3)C3(c5ccccc5-4)c4cc5c(cc4-c4cc6c(cc43)C3CC4CC(CC6C4)C3)C3CC4CC(C3)CC5C4)cc2)cc1. The predicted molar refractivity (Wildman–Crippen MR) is 254 cm³/mol. The molecule has 0 aromatic heterocycles. The van der Waals surface area contributed by atoms with Crippen molar-refractivity contribution >= 4 is 17.1 Å². The highest BCUT2D eigenvalue weighted by atomic mass is 15.1. The molecule has 0 heterocycles. The van der Waals surface area contributed by atoms with Crippen LogP contribution in [0.2, 0.25) is 0 Å². The van der Waals surface area contributed by atoms with Crippen LogP contribution in [0.4, 0.5) is 17.1 Å². The quantitative estimate of drug-likeness (QED) is 0.171. The molecule has 302 valence electrons. The van der Waals surface area contributed by atoms with Crippen molar-refractivity contribution in [1.82, 2.24) is 0 Å². The number of benzene rings is 7. The van der Waals surface area contributed by atoms with Gasteiger partial charge in [0.25, 0.3) is 0 Å². The van der Waals surface area contributed by atoms with Gasteiger partial charge >= 0.3 is 0 Å². The van der Waals surface area contributed by atoms with Crippen molar-refractivity contribution in [3.63, 3.8) is 0 Å². The van der Waals surface area contributed by atoms with Crippen LogP contribution in [-0.4, -0.2) is 0 Å². The molecule has 17 rings (SSSR count). The summed E-state index contributed by atoms with van der Waals surface area (Å²) in [6.45, 7) is 0. The maximum absolute atomic E-state index is 2.84. The summed E-state index contributed by atoms with van der Waals surface area (Å²) >= 11 is 0. The van der Waals surface area contributed by atoms with Gasteiger partial charge in [-0.05, 0) is 226 Å². The molecule has 10 aliphatic rings. The van der Waals surface area contributed by atoms with E-state index in [-0.39, 0.29) is 5.41 Å². The molecule has 1 spiro atoms. The van der Waals surface area contributed by atoms with Gasteiger partial charge in [0.05, 0.1) is 5.41 Å². The topological polar surface area (TPSA) is 3.24 Å². The van der Waals surface area contributed by atoms with E-state index in [1.54, 1.807) is 44.5 Å². The van der Waals surface area contributed by atoms with Crippen LogP contribution in [0.15, 0.2) is 152 Å². The number of nitrogens with zero attached hydrogens (tertiary/aromatic N) is 1. The second-order valence-electron chi connectivity index (χ2n) is 21.3. The molecule has 0 radical (unpaired) electrons. The molecule has 8 bridgehead atoms. The zero-order valence-corrected chi connectivity index (χ0v) is 35.6. The molecule has 7 aromatic rings. The fourth-order valence-corrected chi connectivity index (χ4v) is 16.1. The Bertz CT molecular complexity index is 2860. The van der Waals surface area contributed by atoms with Crippen LogP contribution in [0.25, 0.3) is 33.4 Å². The third-order valence-corrected chi connectivity index (χ3v) is 18.1. The zero-order valence-electron chi connectivity index (χ0n) is 35.6. The molecule has 0 amide bonds. The fraction of sp³-hybridized carbons (Fsp3) is 0.311. The van der Waals surface area contributed by atoms with E-state index in [2.05, 4.69) is 157 Å². The maximum atomic E-state index is 2.84. The molecule has 4 saturated carbocycles. The highest BCUT2D eigenvalue weighted by Gasteiger charge is 2.55. The molecule has 7 aromatic carbocycles. The lowest BCUT2D eigenvalue weighted by Crippen LogP contribution is -2.27. The highest BCUT2D eigenvalue weighted by molar-refractivity contribution is 5.97. The van der Waals surface area contributed by atoms with Gasteiger partial charge in [-0.3, -0.25) is 0 Å². The first-order valence-electron chi connectivity index (χ1n) is 24.3. The summed E-state index contributed by atoms with van der Waals surface area (Å²) in [5.41, 5.74) is 24.6. The van der Waals surface area contributed by atoms with E-state index < -0.39 is 0 Å². The summed E-state index contributed by atoms with van der Waals surface area (Å²) in [6.07, 6.45) is 14.1. The smallest absolute Gasteiger partial charge is 0.0726 e. The van der Waals surface area contributed by atoms with E-state index in [0.29, 0.717) is 11.8 Å². The Morgan fingerprint density at radius 3 is 1.29 bits per heavy atom. The predicted octanol–water partition coefficient (Wildman–Crippen LogP) is 15.9. The van der Waals surface area contributed by atoms with Gasteiger partial charge in [0.2, 0.25) is 0 Å². The molecular weight excluding hydrogens is 747 g/mol. The molecule has 4 unspecified atom stereocenters.